The average Bonchev–Trinajstić information content (AvgIpc) is 2.11. The number of halogens is 2. The highest BCUT2D eigenvalue weighted by molar-refractivity contribution is 9.10. The lowest BCUT2D eigenvalue weighted by Gasteiger charge is -2.09. The summed E-state index contributed by atoms with van der Waals surface area (Å²) in [6.45, 7) is 1.71. The summed E-state index contributed by atoms with van der Waals surface area (Å²) in [5.74, 6) is -0.156. The third-order valence-corrected chi connectivity index (χ3v) is 2.73. The molecule has 0 radical (unpaired) electrons. The average molecular weight is 295 g/mol. The first-order chi connectivity index (χ1) is 6.50. The molecule has 0 saturated heterocycles. The van der Waals surface area contributed by atoms with Crippen LogP contribution in [0.15, 0.2) is 22.7 Å². The molecule has 1 unspecified atom stereocenters. The summed E-state index contributed by atoms with van der Waals surface area (Å²) in [5, 5.41) is 2.94. The van der Waals surface area contributed by atoms with Crippen molar-refractivity contribution < 1.29 is 4.79 Å². The third kappa shape index (κ3) is 3.19. The lowest BCUT2D eigenvalue weighted by atomic mass is 10.3. The molecule has 1 rings (SSSR count). The van der Waals surface area contributed by atoms with Crippen molar-refractivity contribution in [2.24, 2.45) is 0 Å². The van der Waals surface area contributed by atoms with Gasteiger partial charge in [0.2, 0.25) is 5.91 Å². The molecule has 1 N–H and O–H groups in total. The number of hydrogen-bond acceptors (Lipinski definition) is 2. The summed E-state index contributed by atoms with van der Waals surface area (Å²) in [4.78, 5) is 11.3. The predicted octanol–water partition coefficient (Wildman–Crippen LogP) is 3.36. The minimum Gasteiger partial charge on any atom is -0.324 e. The van der Waals surface area contributed by atoms with Crippen LogP contribution in [-0.2, 0) is 4.79 Å². The Morgan fingerprint density at radius 2 is 2.29 bits per heavy atom. The second kappa shape index (κ2) is 5.05. The number of anilines is 1. The minimum atomic E-state index is -0.346. The summed E-state index contributed by atoms with van der Waals surface area (Å²) in [5.41, 5.74) is 0.656. The Kier molecular flexibility index (Phi) is 4.29. The standard InChI is InChI=1S/C9H9BrClNOS/c1-5(14)9(13)12-8-4-6(11)2-3-7(8)10/h2-5,14H,1H3,(H,12,13). The SMILES string of the molecule is CC(S)C(=O)Nc1cc(Cl)ccc1Br. The van der Waals surface area contributed by atoms with Crippen LogP contribution in [0, 0.1) is 0 Å². The molecule has 1 aromatic carbocycles. The van der Waals surface area contributed by atoms with Crippen molar-refractivity contribution in [3.63, 3.8) is 0 Å². The fraction of sp³-hybridized carbons (Fsp3) is 0.222. The number of amides is 1. The molecule has 14 heavy (non-hydrogen) atoms. The molecular weight excluding hydrogens is 286 g/mol. The van der Waals surface area contributed by atoms with Crippen molar-refractivity contribution in [3.05, 3.63) is 27.7 Å². The Morgan fingerprint density at radius 1 is 1.64 bits per heavy atom. The number of nitrogens with one attached hydrogen (secondary N) is 1. The molecule has 0 aliphatic rings. The normalized spacial score (nSPS) is 12.3. The van der Waals surface area contributed by atoms with Crippen molar-refractivity contribution in [3.8, 4) is 0 Å². The van der Waals surface area contributed by atoms with Gasteiger partial charge in [0.1, 0.15) is 0 Å². The van der Waals surface area contributed by atoms with Crippen molar-refractivity contribution >= 4 is 51.8 Å². The van der Waals surface area contributed by atoms with Crippen molar-refractivity contribution in [2.75, 3.05) is 5.32 Å². The topological polar surface area (TPSA) is 29.1 Å². The summed E-state index contributed by atoms with van der Waals surface area (Å²) in [6, 6.07) is 5.20. The number of thiol groups is 1. The van der Waals surface area contributed by atoms with E-state index in [1.54, 1.807) is 25.1 Å². The number of rotatable bonds is 2. The molecule has 0 spiro atoms. The number of carbonyl (C=O) groups is 1. The molecule has 2 nitrogen and oxygen atoms in total. The largest absolute Gasteiger partial charge is 0.324 e. The van der Waals surface area contributed by atoms with Crippen molar-refractivity contribution in [2.45, 2.75) is 12.2 Å². The van der Waals surface area contributed by atoms with Gasteiger partial charge in [0, 0.05) is 9.50 Å². The number of carbonyl (C=O) groups excluding carboxylic acids is 1. The molecule has 1 aromatic rings. The molecule has 0 aromatic heterocycles. The van der Waals surface area contributed by atoms with E-state index in [0.29, 0.717) is 10.7 Å². The molecule has 0 heterocycles. The van der Waals surface area contributed by atoms with Gasteiger partial charge in [-0.1, -0.05) is 11.6 Å². The highest BCUT2D eigenvalue weighted by atomic mass is 79.9. The molecule has 1 atom stereocenters. The minimum absolute atomic E-state index is 0.156. The zero-order valence-corrected chi connectivity index (χ0v) is 10.7. The van der Waals surface area contributed by atoms with Gasteiger partial charge in [-0.2, -0.15) is 12.6 Å². The van der Waals surface area contributed by atoms with E-state index in [1.807, 2.05) is 0 Å². The van der Waals surface area contributed by atoms with E-state index in [4.69, 9.17) is 11.6 Å². The Bertz CT molecular complexity index is 357. The van der Waals surface area contributed by atoms with Crippen LogP contribution in [-0.4, -0.2) is 11.2 Å². The Morgan fingerprint density at radius 3 is 2.86 bits per heavy atom. The summed E-state index contributed by atoms with van der Waals surface area (Å²) in [6.07, 6.45) is 0. The van der Waals surface area contributed by atoms with Crippen LogP contribution in [0.3, 0.4) is 0 Å². The Balaban J connectivity index is 2.86. The van der Waals surface area contributed by atoms with E-state index in [0.717, 1.165) is 4.47 Å². The van der Waals surface area contributed by atoms with Gasteiger partial charge in [0.25, 0.3) is 0 Å². The van der Waals surface area contributed by atoms with Crippen LogP contribution in [0.1, 0.15) is 6.92 Å². The molecule has 0 aliphatic heterocycles. The summed E-state index contributed by atoms with van der Waals surface area (Å²) in [7, 11) is 0. The second-order valence-corrected chi connectivity index (χ2v) is 4.85. The van der Waals surface area contributed by atoms with Gasteiger partial charge in [-0.3, -0.25) is 4.79 Å². The first kappa shape index (κ1) is 11.9. The maximum atomic E-state index is 11.3. The van der Waals surface area contributed by atoms with Gasteiger partial charge in [0.15, 0.2) is 0 Å². The molecule has 0 aliphatic carbocycles. The fourth-order valence-corrected chi connectivity index (χ4v) is 1.41. The molecule has 0 fully saturated rings. The van der Waals surface area contributed by atoms with Gasteiger partial charge in [0.05, 0.1) is 10.9 Å². The highest BCUT2D eigenvalue weighted by Crippen LogP contribution is 2.26. The molecule has 5 heteroatoms. The van der Waals surface area contributed by atoms with Crippen LogP contribution in [0.4, 0.5) is 5.69 Å². The second-order valence-electron chi connectivity index (χ2n) is 2.79. The zero-order valence-electron chi connectivity index (χ0n) is 7.42. The monoisotopic (exact) mass is 293 g/mol. The van der Waals surface area contributed by atoms with Gasteiger partial charge < -0.3 is 5.32 Å². The molecular formula is C9H9BrClNOS. The first-order valence-electron chi connectivity index (χ1n) is 3.94. The molecule has 0 saturated carbocycles. The van der Waals surface area contributed by atoms with Gasteiger partial charge in [-0.25, -0.2) is 0 Å². The predicted molar refractivity (Wildman–Crippen MR) is 66.2 cm³/mol. The van der Waals surface area contributed by atoms with E-state index < -0.39 is 0 Å². The number of hydrogen-bond donors (Lipinski definition) is 2. The lowest BCUT2D eigenvalue weighted by molar-refractivity contribution is -0.115. The maximum absolute atomic E-state index is 11.3. The smallest absolute Gasteiger partial charge is 0.236 e. The lowest BCUT2D eigenvalue weighted by Crippen LogP contribution is -2.20. The maximum Gasteiger partial charge on any atom is 0.236 e. The van der Waals surface area contributed by atoms with Gasteiger partial charge in [-0.15, -0.1) is 0 Å². The molecule has 0 bridgehead atoms. The van der Waals surface area contributed by atoms with Crippen LogP contribution in [0.5, 0.6) is 0 Å². The van der Waals surface area contributed by atoms with Gasteiger partial charge >= 0.3 is 0 Å². The van der Waals surface area contributed by atoms with Crippen LogP contribution < -0.4 is 5.32 Å². The number of benzene rings is 1. The van der Waals surface area contributed by atoms with E-state index >= 15 is 0 Å². The Hall–Kier alpha value is -0.190. The van der Waals surface area contributed by atoms with Gasteiger partial charge in [-0.05, 0) is 41.1 Å². The molecule has 1 amide bonds. The van der Waals surface area contributed by atoms with E-state index in [-0.39, 0.29) is 11.2 Å². The summed E-state index contributed by atoms with van der Waals surface area (Å²) >= 11 is 13.1. The fourth-order valence-electron chi connectivity index (χ4n) is 0.830. The first-order valence-corrected chi connectivity index (χ1v) is 5.63. The van der Waals surface area contributed by atoms with E-state index in [9.17, 15) is 4.79 Å². The van der Waals surface area contributed by atoms with Crippen LogP contribution >= 0.6 is 40.2 Å². The molecule has 76 valence electrons. The van der Waals surface area contributed by atoms with Crippen LogP contribution in [0.2, 0.25) is 5.02 Å². The Labute approximate surface area is 102 Å². The van der Waals surface area contributed by atoms with Crippen molar-refractivity contribution in [1.82, 2.24) is 0 Å². The highest BCUT2D eigenvalue weighted by Gasteiger charge is 2.09. The summed E-state index contributed by atoms with van der Waals surface area (Å²) < 4.78 is 0.796. The zero-order chi connectivity index (χ0) is 10.7. The van der Waals surface area contributed by atoms with E-state index in [2.05, 4.69) is 33.9 Å². The van der Waals surface area contributed by atoms with Crippen molar-refractivity contribution in [1.29, 1.82) is 0 Å². The quantitative estimate of drug-likeness (QED) is 0.805. The third-order valence-electron chi connectivity index (χ3n) is 1.57. The van der Waals surface area contributed by atoms with E-state index in [1.165, 1.54) is 0 Å². The van der Waals surface area contributed by atoms with Crippen LogP contribution in [0.25, 0.3) is 0 Å².